The number of hydrogen-bond acceptors (Lipinski definition) is 4. The third-order valence-electron chi connectivity index (χ3n) is 3.89. The highest BCUT2D eigenvalue weighted by atomic mass is 32.1. The summed E-state index contributed by atoms with van der Waals surface area (Å²) in [4.78, 5) is 18.8. The molecule has 3 rings (SSSR count). The van der Waals surface area contributed by atoms with E-state index < -0.39 is 0 Å². The Bertz CT molecular complexity index is 400. The number of carbonyl (C=O) groups excluding carboxylic acids is 1. The van der Waals surface area contributed by atoms with Crippen LogP contribution >= 0.6 is 11.3 Å². The predicted octanol–water partition coefficient (Wildman–Crippen LogP) is 1.60. The molecule has 1 amide bonds. The molecule has 3 heterocycles. The Labute approximate surface area is 111 Å². The number of hydrogen-bond donors (Lipinski definition) is 1. The van der Waals surface area contributed by atoms with Crippen molar-refractivity contribution in [2.24, 2.45) is 0 Å². The van der Waals surface area contributed by atoms with Gasteiger partial charge < -0.3 is 10.2 Å². The third-order valence-corrected chi connectivity index (χ3v) is 4.83. The van der Waals surface area contributed by atoms with Crippen molar-refractivity contribution in [2.45, 2.75) is 37.6 Å². The molecule has 0 aromatic carbocycles. The third kappa shape index (κ3) is 2.42. The molecule has 0 radical (unpaired) electrons. The molecule has 2 fully saturated rings. The van der Waals surface area contributed by atoms with Gasteiger partial charge in [-0.25, -0.2) is 4.98 Å². The molecule has 18 heavy (non-hydrogen) atoms. The lowest BCUT2D eigenvalue weighted by atomic mass is 9.98. The van der Waals surface area contributed by atoms with Crippen molar-refractivity contribution in [1.82, 2.24) is 15.2 Å². The fourth-order valence-electron chi connectivity index (χ4n) is 2.93. The van der Waals surface area contributed by atoms with Crippen LogP contribution < -0.4 is 5.32 Å². The van der Waals surface area contributed by atoms with E-state index in [-0.39, 0.29) is 6.04 Å². The number of thiazole rings is 1. The second-order valence-corrected chi connectivity index (χ2v) is 6.07. The minimum Gasteiger partial charge on any atom is -0.341 e. The minimum atomic E-state index is 0.0695. The highest BCUT2D eigenvalue weighted by Crippen LogP contribution is 2.28. The number of aromatic nitrogens is 1. The zero-order valence-corrected chi connectivity index (χ0v) is 11.3. The Morgan fingerprint density at radius 2 is 2.39 bits per heavy atom. The quantitative estimate of drug-likeness (QED) is 0.883. The summed E-state index contributed by atoms with van der Waals surface area (Å²) < 4.78 is 0. The molecule has 2 atom stereocenters. The average molecular weight is 265 g/mol. The molecular weight excluding hydrogens is 246 g/mol. The number of nitrogens with one attached hydrogen (secondary N) is 1. The summed E-state index contributed by atoms with van der Waals surface area (Å²) in [6.07, 6.45) is 6.24. The van der Waals surface area contributed by atoms with Crippen LogP contribution in [0.3, 0.4) is 0 Å². The van der Waals surface area contributed by atoms with Crippen LogP contribution in [0.25, 0.3) is 0 Å². The Hall–Kier alpha value is -0.940. The molecule has 4 nitrogen and oxygen atoms in total. The molecule has 1 aromatic heterocycles. The Balaban J connectivity index is 1.64. The smallest absolute Gasteiger partial charge is 0.239 e. The summed E-state index contributed by atoms with van der Waals surface area (Å²) in [6, 6.07) is 0.0695. The van der Waals surface area contributed by atoms with E-state index in [9.17, 15) is 4.79 Å². The molecular formula is C13H19N3OS. The zero-order valence-electron chi connectivity index (χ0n) is 10.5. The van der Waals surface area contributed by atoms with Crippen molar-refractivity contribution in [3.63, 3.8) is 0 Å². The molecule has 0 aliphatic carbocycles. The van der Waals surface area contributed by atoms with Gasteiger partial charge in [-0.1, -0.05) is 0 Å². The number of rotatable bonds is 2. The first kappa shape index (κ1) is 12.1. The van der Waals surface area contributed by atoms with Crippen LogP contribution in [0.1, 0.15) is 36.6 Å². The molecule has 0 bridgehead atoms. The number of likely N-dealkylation sites (tertiary alicyclic amines) is 1. The maximum atomic E-state index is 12.4. The molecule has 5 heteroatoms. The molecule has 2 aliphatic rings. The van der Waals surface area contributed by atoms with Crippen LogP contribution in [0.5, 0.6) is 0 Å². The van der Waals surface area contributed by atoms with Crippen molar-refractivity contribution in [2.75, 3.05) is 19.6 Å². The summed E-state index contributed by atoms with van der Waals surface area (Å²) in [5.74, 6) is 0.748. The van der Waals surface area contributed by atoms with Gasteiger partial charge in [0.05, 0.1) is 11.0 Å². The van der Waals surface area contributed by atoms with Crippen molar-refractivity contribution < 1.29 is 4.79 Å². The number of nitrogens with zero attached hydrogens (tertiary/aromatic N) is 2. The van der Waals surface area contributed by atoms with Gasteiger partial charge in [-0.2, -0.15) is 0 Å². The Morgan fingerprint density at radius 3 is 3.11 bits per heavy atom. The van der Waals surface area contributed by atoms with Gasteiger partial charge in [0, 0.05) is 30.6 Å². The van der Waals surface area contributed by atoms with E-state index in [0.29, 0.717) is 11.8 Å². The van der Waals surface area contributed by atoms with Gasteiger partial charge in [0.1, 0.15) is 0 Å². The summed E-state index contributed by atoms with van der Waals surface area (Å²) in [5, 5.41) is 6.51. The first-order valence-corrected chi connectivity index (χ1v) is 7.64. The topological polar surface area (TPSA) is 45.2 Å². The summed E-state index contributed by atoms with van der Waals surface area (Å²) in [5.41, 5.74) is 0. The van der Waals surface area contributed by atoms with E-state index >= 15 is 0 Å². The Morgan fingerprint density at radius 1 is 1.44 bits per heavy atom. The largest absolute Gasteiger partial charge is 0.341 e. The molecule has 98 valence electrons. The van der Waals surface area contributed by atoms with E-state index in [0.717, 1.165) is 45.3 Å². The molecule has 2 aliphatic heterocycles. The lowest BCUT2D eigenvalue weighted by Crippen LogP contribution is -2.47. The van der Waals surface area contributed by atoms with E-state index in [1.54, 1.807) is 11.3 Å². The SMILES string of the molecule is O=C(C1CCCN1)N1CCCC(c2nccs2)C1. The zero-order chi connectivity index (χ0) is 12.4. The molecule has 2 saturated heterocycles. The van der Waals surface area contributed by atoms with Crippen LogP contribution in [0, 0.1) is 0 Å². The second kappa shape index (κ2) is 5.36. The summed E-state index contributed by atoms with van der Waals surface area (Å²) in [7, 11) is 0. The lowest BCUT2D eigenvalue weighted by Gasteiger charge is -2.33. The predicted molar refractivity (Wildman–Crippen MR) is 71.7 cm³/mol. The van der Waals surface area contributed by atoms with Gasteiger partial charge in [-0.15, -0.1) is 11.3 Å². The molecule has 0 spiro atoms. The molecule has 1 N–H and O–H groups in total. The van der Waals surface area contributed by atoms with Gasteiger partial charge in [0.15, 0.2) is 0 Å². The second-order valence-electron chi connectivity index (χ2n) is 5.14. The van der Waals surface area contributed by atoms with Crippen molar-refractivity contribution in [1.29, 1.82) is 0 Å². The minimum absolute atomic E-state index is 0.0695. The summed E-state index contributed by atoms with van der Waals surface area (Å²) >= 11 is 1.71. The van der Waals surface area contributed by atoms with Crippen LogP contribution in [-0.4, -0.2) is 41.5 Å². The first-order valence-electron chi connectivity index (χ1n) is 6.76. The standard InChI is InChI=1S/C13H19N3OS/c17-13(11-4-1-5-14-11)16-7-2-3-10(9-16)12-15-6-8-18-12/h6,8,10-11,14H,1-5,7,9H2. The monoisotopic (exact) mass is 265 g/mol. The van der Waals surface area contributed by atoms with Crippen LogP contribution in [-0.2, 0) is 4.79 Å². The van der Waals surface area contributed by atoms with Gasteiger partial charge >= 0.3 is 0 Å². The van der Waals surface area contributed by atoms with Gasteiger partial charge in [-0.05, 0) is 32.2 Å². The van der Waals surface area contributed by atoms with Gasteiger partial charge in [0.25, 0.3) is 0 Å². The van der Waals surface area contributed by atoms with Crippen molar-refractivity contribution in [3.05, 3.63) is 16.6 Å². The van der Waals surface area contributed by atoms with E-state index in [1.165, 1.54) is 5.01 Å². The van der Waals surface area contributed by atoms with Crippen LogP contribution in [0.2, 0.25) is 0 Å². The molecule has 1 aromatic rings. The van der Waals surface area contributed by atoms with Crippen molar-refractivity contribution >= 4 is 17.2 Å². The summed E-state index contributed by atoms with van der Waals surface area (Å²) in [6.45, 7) is 2.75. The van der Waals surface area contributed by atoms with E-state index in [4.69, 9.17) is 0 Å². The lowest BCUT2D eigenvalue weighted by molar-refractivity contribution is -0.134. The normalized spacial score (nSPS) is 28.6. The van der Waals surface area contributed by atoms with E-state index in [1.807, 2.05) is 16.5 Å². The fourth-order valence-corrected chi connectivity index (χ4v) is 3.70. The van der Waals surface area contributed by atoms with Crippen molar-refractivity contribution in [3.8, 4) is 0 Å². The van der Waals surface area contributed by atoms with Crippen LogP contribution in [0.15, 0.2) is 11.6 Å². The highest BCUT2D eigenvalue weighted by molar-refractivity contribution is 7.09. The Kier molecular flexibility index (Phi) is 3.61. The number of carbonyl (C=O) groups is 1. The van der Waals surface area contributed by atoms with Gasteiger partial charge in [-0.3, -0.25) is 4.79 Å². The van der Waals surface area contributed by atoms with Gasteiger partial charge in [0.2, 0.25) is 5.91 Å². The number of amides is 1. The average Bonchev–Trinajstić information content (AvgIpc) is 3.11. The van der Waals surface area contributed by atoms with E-state index in [2.05, 4.69) is 10.3 Å². The first-order chi connectivity index (χ1) is 8.84. The highest BCUT2D eigenvalue weighted by Gasteiger charge is 2.31. The van der Waals surface area contributed by atoms with Crippen LogP contribution in [0.4, 0.5) is 0 Å². The fraction of sp³-hybridized carbons (Fsp3) is 0.692. The number of piperidine rings is 1. The molecule has 0 saturated carbocycles. The molecule has 2 unspecified atom stereocenters. The maximum Gasteiger partial charge on any atom is 0.239 e. The maximum absolute atomic E-state index is 12.4.